The summed E-state index contributed by atoms with van der Waals surface area (Å²) in [7, 11) is 1.35. The first-order valence-corrected chi connectivity index (χ1v) is 5.56. The van der Waals surface area contributed by atoms with Gasteiger partial charge in [-0.2, -0.15) is 0 Å². The van der Waals surface area contributed by atoms with Gasteiger partial charge in [0, 0.05) is 4.70 Å². The van der Waals surface area contributed by atoms with Gasteiger partial charge in [-0.15, -0.1) is 11.3 Å². The van der Waals surface area contributed by atoms with E-state index >= 15 is 0 Å². The van der Waals surface area contributed by atoms with Crippen LogP contribution in [0.2, 0.25) is 0 Å². The molecule has 0 radical (unpaired) electrons. The van der Waals surface area contributed by atoms with E-state index in [-0.39, 0.29) is 11.8 Å². The quantitative estimate of drug-likeness (QED) is 0.592. The average molecular weight is 234 g/mol. The topological polar surface area (TPSA) is 43.4 Å². The Kier molecular flexibility index (Phi) is 2.75. The van der Waals surface area contributed by atoms with Gasteiger partial charge in [0.15, 0.2) is 5.78 Å². The number of benzene rings is 1. The highest BCUT2D eigenvalue weighted by molar-refractivity contribution is 7.20. The molecule has 4 heteroatoms. The molecule has 0 saturated heterocycles. The van der Waals surface area contributed by atoms with Crippen LogP contribution in [-0.4, -0.2) is 18.9 Å². The van der Waals surface area contributed by atoms with Crippen LogP contribution in [0, 0.1) is 0 Å². The number of Topliss-reactive ketones (excluding diaryl/α,β-unsaturated/α-hetero) is 1. The molecule has 16 heavy (non-hydrogen) atoms. The van der Waals surface area contributed by atoms with E-state index in [9.17, 15) is 9.59 Å². The minimum absolute atomic E-state index is 0.0424. The zero-order valence-corrected chi connectivity index (χ0v) is 9.76. The highest BCUT2D eigenvalue weighted by Gasteiger charge is 2.09. The third kappa shape index (κ3) is 1.84. The molecule has 0 aliphatic rings. The monoisotopic (exact) mass is 234 g/mol. The van der Waals surface area contributed by atoms with Crippen molar-refractivity contribution in [2.45, 2.75) is 6.92 Å². The Balaban J connectivity index is 2.53. The van der Waals surface area contributed by atoms with Gasteiger partial charge in [0.25, 0.3) is 0 Å². The number of carbonyl (C=O) groups is 2. The fourth-order valence-corrected chi connectivity index (χ4v) is 2.45. The Morgan fingerprint density at radius 1 is 1.25 bits per heavy atom. The van der Waals surface area contributed by atoms with Crippen LogP contribution in [0.4, 0.5) is 0 Å². The number of hydrogen-bond donors (Lipinski definition) is 0. The van der Waals surface area contributed by atoms with E-state index in [1.54, 1.807) is 12.1 Å². The average Bonchev–Trinajstić information content (AvgIpc) is 2.70. The van der Waals surface area contributed by atoms with Crippen molar-refractivity contribution in [3.63, 3.8) is 0 Å². The molecule has 0 aliphatic carbocycles. The van der Waals surface area contributed by atoms with Crippen LogP contribution < -0.4 is 0 Å². The Morgan fingerprint density at radius 2 is 2.00 bits per heavy atom. The number of methoxy groups -OCH3 is 1. The van der Waals surface area contributed by atoms with Crippen molar-refractivity contribution >= 4 is 33.2 Å². The molecule has 0 amide bonds. The second kappa shape index (κ2) is 4.06. The van der Waals surface area contributed by atoms with Crippen molar-refractivity contribution in [1.82, 2.24) is 0 Å². The summed E-state index contributed by atoms with van der Waals surface area (Å²) in [4.78, 5) is 23.2. The van der Waals surface area contributed by atoms with Crippen LogP contribution in [0.15, 0.2) is 24.3 Å². The summed E-state index contributed by atoms with van der Waals surface area (Å²) in [6.45, 7) is 1.53. The smallest absolute Gasteiger partial charge is 0.337 e. The Morgan fingerprint density at radius 3 is 2.62 bits per heavy atom. The number of esters is 1. The number of hydrogen-bond acceptors (Lipinski definition) is 4. The number of ether oxygens (including phenoxy) is 1. The summed E-state index contributed by atoms with van der Waals surface area (Å²) < 4.78 is 5.56. The summed E-state index contributed by atoms with van der Waals surface area (Å²) in [6.07, 6.45) is 0. The molecule has 0 N–H and O–H groups in total. The summed E-state index contributed by atoms with van der Waals surface area (Å²) in [5, 5.41) is 0.975. The zero-order valence-electron chi connectivity index (χ0n) is 8.94. The molecule has 2 aromatic rings. The van der Waals surface area contributed by atoms with Crippen LogP contribution in [0.25, 0.3) is 10.1 Å². The molecular formula is C12H10O3S. The van der Waals surface area contributed by atoms with Gasteiger partial charge >= 0.3 is 5.97 Å². The summed E-state index contributed by atoms with van der Waals surface area (Å²) >= 11 is 1.39. The van der Waals surface area contributed by atoms with Gasteiger partial charge in [0.2, 0.25) is 0 Å². The van der Waals surface area contributed by atoms with Crippen molar-refractivity contribution in [3.05, 3.63) is 34.7 Å². The zero-order chi connectivity index (χ0) is 11.7. The van der Waals surface area contributed by atoms with Crippen molar-refractivity contribution in [2.75, 3.05) is 7.11 Å². The van der Waals surface area contributed by atoms with Gasteiger partial charge in [-0.1, -0.05) is 6.07 Å². The summed E-state index contributed by atoms with van der Waals surface area (Å²) in [5.41, 5.74) is 0.506. The van der Waals surface area contributed by atoms with Crippen molar-refractivity contribution in [1.29, 1.82) is 0 Å². The Labute approximate surface area is 96.6 Å². The van der Waals surface area contributed by atoms with E-state index < -0.39 is 0 Å². The number of carbonyl (C=O) groups excluding carboxylic acids is 2. The maximum Gasteiger partial charge on any atom is 0.337 e. The first-order chi connectivity index (χ1) is 7.61. The normalized spacial score (nSPS) is 10.4. The van der Waals surface area contributed by atoms with E-state index in [1.807, 2.05) is 12.1 Å². The predicted molar refractivity (Wildman–Crippen MR) is 63.2 cm³/mol. The van der Waals surface area contributed by atoms with Gasteiger partial charge in [0.05, 0.1) is 17.6 Å². The summed E-state index contributed by atoms with van der Waals surface area (Å²) in [5.74, 6) is -0.319. The summed E-state index contributed by atoms with van der Waals surface area (Å²) in [6, 6.07) is 7.11. The molecule has 0 unspecified atom stereocenters. The molecule has 0 spiro atoms. The Bertz CT molecular complexity index is 569. The molecule has 1 heterocycles. The maximum absolute atomic E-state index is 11.3. The van der Waals surface area contributed by atoms with Crippen LogP contribution in [0.1, 0.15) is 27.0 Å². The molecule has 3 nitrogen and oxygen atoms in total. The second-order valence-electron chi connectivity index (χ2n) is 3.41. The molecular weight excluding hydrogens is 224 g/mol. The minimum Gasteiger partial charge on any atom is -0.465 e. The fraction of sp³-hybridized carbons (Fsp3) is 0.167. The number of thiophene rings is 1. The molecule has 0 aliphatic heterocycles. The third-order valence-corrected chi connectivity index (χ3v) is 3.49. The molecule has 2 rings (SSSR count). The molecule has 0 bridgehead atoms. The molecule has 0 saturated carbocycles. The van der Waals surface area contributed by atoms with Crippen molar-refractivity contribution in [2.24, 2.45) is 0 Å². The lowest BCUT2D eigenvalue weighted by atomic mass is 10.1. The predicted octanol–water partition coefficient (Wildman–Crippen LogP) is 2.89. The van der Waals surface area contributed by atoms with Crippen LogP contribution in [-0.2, 0) is 4.74 Å². The van der Waals surface area contributed by atoms with Gasteiger partial charge < -0.3 is 4.74 Å². The van der Waals surface area contributed by atoms with E-state index in [0.29, 0.717) is 10.4 Å². The lowest BCUT2D eigenvalue weighted by molar-refractivity contribution is 0.0601. The van der Waals surface area contributed by atoms with E-state index in [0.717, 1.165) is 10.1 Å². The van der Waals surface area contributed by atoms with Gasteiger partial charge in [-0.05, 0) is 30.5 Å². The Hall–Kier alpha value is -1.68. The van der Waals surface area contributed by atoms with Gasteiger partial charge in [0.1, 0.15) is 0 Å². The first kappa shape index (κ1) is 10.8. The largest absolute Gasteiger partial charge is 0.465 e. The lowest BCUT2D eigenvalue weighted by Crippen LogP contribution is -1.99. The second-order valence-corrected chi connectivity index (χ2v) is 4.49. The molecule has 0 fully saturated rings. The van der Waals surface area contributed by atoms with Crippen molar-refractivity contribution < 1.29 is 14.3 Å². The number of rotatable bonds is 2. The maximum atomic E-state index is 11.3. The molecule has 1 aromatic carbocycles. The van der Waals surface area contributed by atoms with Gasteiger partial charge in [-0.3, -0.25) is 4.79 Å². The SMILES string of the molecule is COC(=O)c1ccc2cc(C(C)=O)sc2c1. The van der Waals surface area contributed by atoms with Gasteiger partial charge in [-0.25, -0.2) is 4.79 Å². The van der Waals surface area contributed by atoms with Crippen LogP contribution in [0.5, 0.6) is 0 Å². The highest BCUT2D eigenvalue weighted by Crippen LogP contribution is 2.27. The van der Waals surface area contributed by atoms with Crippen molar-refractivity contribution in [3.8, 4) is 0 Å². The van der Waals surface area contributed by atoms with E-state index in [4.69, 9.17) is 0 Å². The van der Waals surface area contributed by atoms with Crippen LogP contribution in [0.3, 0.4) is 0 Å². The standard InChI is InChI=1S/C12H10O3S/c1-7(13)10-5-8-3-4-9(12(14)15-2)6-11(8)16-10/h3-6H,1-2H3. The van der Waals surface area contributed by atoms with Crippen LogP contribution >= 0.6 is 11.3 Å². The number of fused-ring (bicyclic) bond motifs is 1. The lowest BCUT2D eigenvalue weighted by Gasteiger charge is -1.97. The molecule has 1 aromatic heterocycles. The third-order valence-electron chi connectivity index (χ3n) is 2.29. The van der Waals surface area contributed by atoms with E-state index in [1.165, 1.54) is 25.4 Å². The fourth-order valence-electron chi connectivity index (χ4n) is 1.45. The number of ketones is 1. The van der Waals surface area contributed by atoms with E-state index in [2.05, 4.69) is 4.74 Å². The highest BCUT2D eigenvalue weighted by atomic mass is 32.1. The molecule has 82 valence electrons. The minimum atomic E-state index is -0.361. The first-order valence-electron chi connectivity index (χ1n) is 4.74. The molecule has 0 atom stereocenters.